The van der Waals surface area contributed by atoms with Crippen LogP contribution >= 0.6 is 0 Å². The first-order valence-electron chi connectivity index (χ1n) is 11.5. The van der Waals surface area contributed by atoms with Crippen molar-refractivity contribution >= 4 is 15.9 Å². The number of rotatable bonds is 12. The summed E-state index contributed by atoms with van der Waals surface area (Å²) in [6, 6.07) is 3.84. The van der Waals surface area contributed by atoms with Gasteiger partial charge in [-0.3, -0.25) is 4.79 Å². The minimum atomic E-state index is -3.17. The van der Waals surface area contributed by atoms with Gasteiger partial charge in [0.05, 0.1) is 19.0 Å². The average Bonchev–Trinajstić information content (AvgIpc) is 2.72. The lowest BCUT2D eigenvalue weighted by Crippen LogP contribution is -2.48. The standard InChI is InChI=1S/C23H39N3O5S/c1-5-6-12-31-22-14-17(2)13-20(18(22)3)23(28)24-15-19-8-11-26(16-21(19)27)10-7-9-25-32(4,29)30/h13-14,19,21,25,27H,5-12,15-16H2,1-4H3,(H,24,28)/t19-,21+/m0/s1. The van der Waals surface area contributed by atoms with Crippen molar-refractivity contribution in [3.63, 3.8) is 0 Å². The fourth-order valence-electron chi connectivity index (χ4n) is 3.90. The van der Waals surface area contributed by atoms with Crippen molar-refractivity contribution in [3.05, 3.63) is 28.8 Å². The molecule has 1 heterocycles. The van der Waals surface area contributed by atoms with E-state index < -0.39 is 16.1 Å². The lowest BCUT2D eigenvalue weighted by Gasteiger charge is -2.36. The van der Waals surface area contributed by atoms with Gasteiger partial charge in [0, 0.05) is 36.7 Å². The highest BCUT2D eigenvalue weighted by atomic mass is 32.2. The lowest BCUT2D eigenvalue weighted by atomic mass is 9.93. The van der Waals surface area contributed by atoms with Crippen molar-refractivity contribution in [3.8, 4) is 5.75 Å². The smallest absolute Gasteiger partial charge is 0.251 e. The van der Waals surface area contributed by atoms with Crippen molar-refractivity contribution in [1.29, 1.82) is 0 Å². The van der Waals surface area contributed by atoms with E-state index in [1.165, 1.54) is 0 Å². The molecule has 32 heavy (non-hydrogen) atoms. The van der Waals surface area contributed by atoms with Gasteiger partial charge in [0.2, 0.25) is 10.0 Å². The minimum absolute atomic E-state index is 0.00488. The number of nitrogens with zero attached hydrogens (tertiary/aromatic N) is 1. The van der Waals surface area contributed by atoms with Crippen LogP contribution in [0.25, 0.3) is 0 Å². The number of benzene rings is 1. The third-order valence-corrected chi connectivity index (χ3v) is 6.58. The van der Waals surface area contributed by atoms with Gasteiger partial charge in [0.15, 0.2) is 0 Å². The zero-order valence-electron chi connectivity index (χ0n) is 19.8. The minimum Gasteiger partial charge on any atom is -0.493 e. The van der Waals surface area contributed by atoms with Crippen molar-refractivity contribution in [1.82, 2.24) is 14.9 Å². The number of β-amino-alcohol motifs (C(OH)–C–C–N with tert-alkyl or cyclic N) is 1. The maximum atomic E-state index is 12.9. The van der Waals surface area contributed by atoms with Crippen LogP contribution in [0.3, 0.4) is 0 Å². The molecule has 8 nitrogen and oxygen atoms in total. The number of piperidine rings is 1. The Bertz CT molecular complexity index is 859. The second-order valence-corrected chi connectivity index (χ2v) is 10.6. The van der Waals surface area contributed by atoms with Gasteiger partial charge in [-0.1, -0.05) is 13.3 Å². The summed E-state index contributed by atoms with van der Waals surface area (Å²) < 4.78 is 30.6. The summed E-state index contributed by atoms with van der Waals surface area (Å²) in [7, 11) is -3.17. The molecule has 1 fully saturated rings. The number of sulfonamides is 1. The van der Waals surface area contributed by atoms with E-state index in [2.05, 4.69) is 21.9 Å². The van der Waals surface area contributed by atoms with Crippen LogP contribution in [-0.4, -0.2) is 76.0 Å². The van der Waals surface area contributed by atoms with Crippen molar-refractivity contribution in [2.45, 2.75) is 52.6 Å². The molecule has 0 bridgehead atoms. The largest absolute Gasteiger partial charge is 0.493 e. The Morgan fingerprint density at radius 2 is 2.03 bits per heavy atom. The number of likely N-dealkylation sites (tertiary alicyclic amines) is 1. The highest BCUT2D eigenvalue weighted by Crippen LogP contribution is 2.25. The molecule has 2 rings (SSSR count). The molecule has 2 atom stereocenters. The second-order valence-electron chi connectivity index (χ2n) is 8.78. The van der Waals surface area contributed by atoms with E-state index in [1.807, 2.05) is 26.0 Å². The fourth-order valence-corrected chi connectivity index (χ4v) is 4.42. The first-order valence-corrected chi connectivity index (χ1v) is 13.4. The average molecular weight is 470 g/mol. The van der Waals surface area contributed by atoms with Gasteiger partial charge in [-0.05, 0) is 63.9 Å². The Balaban J connectivity index is 1.83. The molecule has 9 heteroatoms. The summed E-state index contributed by atoms with van der Waals surface area (Å²) in [5.41, 5.74) is 2.43. The van der Waals surface area contributed by atoms with E-state index in [4.69, 9.17) is 4.74 Å². The number of aryl methyl sites for hydroxylation is 1. The Kier molecular flexibility index (Phi) is 10.4. The number of hydrogen-bond donors (Lipinski definition) is 3. The molecule has 0 saturated carbocycles. The van der Waals surface area contributed by atoms with Gasteiger partial charge in [0.25, 0.3) is 5.91 Å². The zero-order valence-corrected chi connectivity index (χ0v) is 20.6. The Morgan fingerprint density at radius 1 is 1.28 bits per heavy atom. The summed E-state index contributed by atoms with van der Waals surface area (Å²) in [4.78, 5) is 15.0. The summed E-state index contributed by atoms with van der Waals surface area (Å²) in [6.07, 6.45) is 4.11. The molecule has 1 aromatic rings. The maximum absolute atomic E-state index is 12.9. The molecule has 0 aliphatic carbocycles. The maximum Gasteiger partial charge on any atom is 0.251 e. The molecule has 1 amide bonds. The van der Waals surface area contributed by atoms with Gasteiger partial charge in [0.1, 0.15) is 5.75 Å². The molecule has 1 saturated heterocycles. The van der Waals surface area contributed by atoms with E-state index in [0.717, 1.165) is 55.5 Å². The second kappa shape index (κ2) is 12.5. The number of amides is 1. The topological polar surface area (TPSA) is 108 Å². The third kappa shape index (κ3) is 8.69. The number of ether oxygens (including phenoxy) is 1. The van der Waals surface area contributed by atoms with E-state index in [-0.39, 0.29) is 11.8 Å². The van der Waals surface area contributed by atoms with Crippen LogP contribution in [0, 0.1) is 19.8 Å². The highest BCUT2D eigenvalue weighted by molar-refractivity contribution is 7.88. The molecular weight excluding hydrogens is 430 g/mol. The predicted octanol–water partition coefficient (Wildman–Crippen LogP) is 1.83. The molecule has 0 unspecified atom stereocenters. The van der Waals surface area contributed by atoms with Crippen LogP contribution in [0.1, 0.15) is 54.1 Å². The van der Waals surface area contributed by atoms with Gasteiger partial charge >= 0.3 is 0 Å². The molecule has 1 aliphatic heterocycles. The van der Waals surface area contributed by atoms with Crippen LogP contribution in [0.5, 0.6) is 5.75 Å². The third-order valence-electron chi connectivity index (χ3n) is 5.85. The number of aliphatic hydroxyl groups excluding tert-OH is 1. The number of hydrogen-bond acceptors (Lipinski definition) is 6. The molecule has 1 aliphatic rings. The van der Waals surface area contributed by atoms with E-state index in [9.17, 15) is 18.3 Å². The monoisotopic (exact) mass is 469 g/mol. The number of carbonyl (C=O) groups is 1. The van der Waals surface area contributed by atoms with Crippen LogP contribution in [-0.2, 0) is 10.0 Å². The Hall–Kier alpha value is -1.68. The molecule has 0 aromatic heterocycles. The van der Waals surface area contributed by atoms with Crippen LogP contribution in [0.4, 0.5) is 0 Å². The SMILES string of the molecule is CCCCOc1cc(C)cc(C(=O)NC[C@@H]2CCN(CCCNS(C)(=O)=O)C[C@H]2O)c1C. The predicted molar refractivity (Wildman–Crippen MR) is 127 cm³/mol. The molecule has 0 radical (unpaired) electrons. The fraction of sp³-hybridized carbons (Fsp3) is 0.696. The zero-order chi connectivity index (χ0) is 23.7. The molecule has 0 spiro atoms. The van der Waals surface area contributed by atoms with Crippen molar-refractivity contribution < 1.29 is 23.1 Å². The summed E-state index contributed by atoms with van der Waals surface area (Å²) in [5, 5.41) is 13.5. The van der Waals surface area contributed by atoms with Crippen molar-refractivity contribution in [2.75, 3.05) is 45.6 Å². The van der Waals surface area contributed by atoms with Gasteiger partial charge in [-0.15, -0.1) is 0 Å². The first kappa shape index (κ1) is 26.6. The van der Waals surface area contributed by atoms with Gasteiger partial charge in [-0.25, -0.2) is 13.1 Å². The normalized spacial score (nSPS) is 19.7. The van der Waals surface area contributed by atoms with Crippen LogP contribution in [0.15, 0.2) is 12.1 Å². The van der Waals surface area contributed by atoms with E-state index >= 15 is 0 Å². The Morgan fingerprint density at radius 3 is 2.69 bits per heavy atom. The van der Waals surface area contributed by atoms with Crippen molar-refractivity contribution in [2.24, 2.45) is 5.92 Å². The number of aliphatic hydroxyl groups is 1. The van der Waals surface area contributed by atoms with Crippen LogP contribution in [0.2, 0.25) is 0 Å². The van der Waals surface area contributed by atoms with Gasteiger partial charge in [-0.2, -0.15) is 0 Å². The van der Waals surface area contributed by atoms with E-state index in [1.54, 1.807) is 0 Å². The molecule has 1 aromatic carbocycles. The number of nitrogens with one attached hydrogen (secondary N) is 2. The van der Waals surface area contributed by atoms with Crippen LogP contribution < -0.4 is 14.8 Å². The number of unbranched alkanes of at least 4 members (excludes halogenated alkanes) is 1. The summed E-state index contributed by atoms with van der Waals surface area (Å²) in [5.74, 6) is 0.602. The molecule has 3 N–H and O–H groups in total. The summed E-state index contributed by atoms with van der Waals surface area (Å²) in [6.45, 7) is 9.48. The quantitative estimate of drug-likeness (QED) is 0.403. The summed E-state index contributed by atoms with van der Waals surface area (Å²) >= 11 is 0. The first-order chi connectivity index (χ1) is 15.1. The highest BCUT2D eigenvalue weighted by Gasteiger charge is 2.28. The van der Waals surface area contributed by atoms with E-state index in [0.29, 0.717) is 38.2 Å². The molecule has 182 valence electrons. The lowest BCUT2D eigenvalue weighted by molar-refractivity contribution is 0.0219. The molecular formula is C23H39N3O5S. The Labute approximate surface area is 192 Å². The van der Waals surface area contributed by atoms with Gasteiger partial charge < -0.3 is 20.1 Å². The number of carbonyl (C=O) groups excluding carboxylic acids is 1.